The number of nitrogens with zero attached hydrogens (tertiary/aromatic N) is 2. The van der Waals surface area contributed by atoms with E-state index in [0.717, 1.165) is 41.6 Å². The van der Waals surface area contributed by atoms with Crippen molar-refractivity contribution in [1.29, 1.82) is 0 Å². The van der Waals surface area contributed by atoms with Gasteiger partial charge < -0.3 is 9.47 Å². The van der Waals surface area contributed by atoms with Gasteiger partial charge >= 0.3 is 0 Å². The molecule has 0 atom stereocenters. The summed E-state index contributed by atoms with van der Waals surface area (Å²) in [4.78, 5) is 14.4. The Morgan fingerprint density at radius 2 is 1.78 bits per heavy atom. The molecule has 10 heteroatoms. The normalized spacial score (nSPS) is 15.8. The van der Waals surface area contributed by atoms with E-state index in [9.17, 15) is 17.6 Å². The average molecular weight is 539 g/mol. The van der Waals surface area contributed by atoms with E-state index in [1.807, 2.05) is 30.3 Å². The number of amides is 1. The minimum absolute atomic E-state index is 0.0189. The highest BCUT2D eigenvalue weighted by atomic mass is 32.2. The van der Waals surface area contributed by atoms with Gasteiger partial charge in [0.15, 0.2) is 16.7 Å². The third-order valence-electron chi connectivity index (χ3n) is 5.23. The van der Waals surface area contributed by atoms with Gasteiger partial charge in [-0.15, -0.1) is 11.0 Å². The fraction of sp³-hybridized carbons (Fsp3) is 0.111. The van der Waals surface area contributed by atoms with Gasteiger partial charge in [-0.05, 0) is 65.4 Å². The molecule has 3 aromatic rings. The second-order valence-electron chi connectivity index (χ2n) is 7.80. The molecule has 3 aromatic carbocycles. The highest BCUT2D eigenvalue weighted by molar-refractivity contribution is 8.19. The maximum Gasteiger partial charge on any atom is 0.284 e. The van der Waals surface area contributed by atoms with Gasteiger partial charge in [0.25, 0.3) is 15.9 Å². The number of amidine groups is 1. The van der Waals surface area contributed by atoms with Crippen LogP contribution in [0.1, 0.15) is 11.1 Å². The number of sulfonamides is 1. The smallest absolute Gasteiger partial charge is 0.284 e. The summed E-state index contributed by atoms with van der Waals surface area (Å²) in [6.45, 7) is 4.04. The number of halogens is 1. The predicted octanol–water partition coefficient (Wildman–Crippen LogP) is 5.26. The number of thioether (sulfide) groups is 1. The lowest BCUT2D eigenvalue weighted by Crippen LogP contribution is -2.29. The minimum atomic E-state index is -4.17. The second-order valence-corrected chi connectivity index (χ2v) is 10.4. The number of methoxy groups -OCH3 is 1. The van der Waals surface area contributed by atoms with Crippen LogP contribution >= 0.6 is 11.8 Å². The maximum absolute atomic E-state index is 13.2. The van der Waals surface area contributed by atoms with Crippen molar-refractivity contribution in [2.45, 2.75) is 11.5 Å². The average Bonchev–Trinajstić information content (AvgIpc) is 3.17. The van der Waals surface area contributed by atoms with Crippen LogP contribution < -0.4 is 9.47 Å². The van der Waals surface area contributed by atoms with Crippen molar-refractivity contribution >= 4 is 38.9 Å². The van der Waals surface area contributed by atoms with Crippen molar-refractivity contribution in [3.63, 3.8) is 0 Å². The number of carbonyl (C=O) groups is 1. The van der Waals surface area contributed by atoms with Crippen LogP contribution in [0.4, 0.5) is 4.39 Å². The van der Waals surface area contributed by atoms with Gasteiger partial charge in [0.1, 0.15) is 12.4 Å². The van der Waals surface area contributed by atoms with E-state index in [0.29, 0.717) is 23.7 Å². The summed E-state index contributed by atoms with van der Waals surface area (Å²) in [5.41, 5.74) is 1.64. The monoisotopic (exact) mass is 538 g/mol. The van der Waals surface area contributed by atoms with Crippen LogP contribution in [-0.4, -0.2) is 38.0 Å². The first-order chi connectivity index (χ1) is 17.8. The zero-order valence-electron chi connectivity index (χ0n) is 19.8. The second kappa shape index (κ2) is 11.4. The van der Waals surface area contributed by atoms with Gasteiger partial charge in [0, 0.05) is 6.54 Å². The molecular weight excluding hydrogens is 515 g/mol. The van der Waals surface area contributed by atoms with Crippen LogP contribution in [0.5, 0.6) is 11.5 Å². The van der Waals surface area contributed by atoms with E-state index in [4.69, 9.17) is 9.47 Å². The Bertz CT molecular complexity index is 1470. The van der Waals surface area contributed by atoms with Crippen LogP contribution in [-0.2, 0) is 21.4 Å². The molecule has 1 heterocycles. The standard InChI is InChI=1S/C27H23FN2O5S2/c1-3-15-30-26(31)25(36-27(30)29-37(32,33)22-12-10-21(28)11-13-22)17-20-9-14-23(34-2)24(16-20)35-18-19-7-5-4-6-8-19/h3-14,16-17H,1,15,18H2,2H3/b25-17-,29-27?. The summed E-state index contributed by atoms with van der Waals surface area (Å²) in [6, 6.07) is 19.2. The zero-order valence-corrected chi connectivity index (χ0v) is 21.5. The van der Waals surface area contributed by atoms with E-state index in [-0.39, 0.29) is 21.5 Å². The zero-order chi connectivity index (χ0) is 26.4. The van der Waals surface area contributed by atoms with Crippen LogP contribution in [0.15, 0.2) is 99.6 Å². The molecule has 0 spiro atoms. The molecule has 1 aliphatic heterocycles. The Kier molecular flexibility index (Phi) is 8.10. The van der Waals surface area contributed by atoms with E-state index in [1.165, 1.54) is 18.1 Å². The molecule has 1 fully saturated rings. The van der Waals surface area contributed by atoms with Crippen molar-refractivity contribution in [2.75, 3.05) is 13.7 Å². The van der Waals surface area contributed by atoms with Crippen molar-refractivity contribution in [3.8, 4) is 11.5 Å². The molecule has 0 saturated carbocycles. The molecule has 0 aliphatic carbocycles. The van der Waals surface area contributed by atoms with Crippen molar-refractivity contribution in [2.24, 2.45) is 4.40 Å². The maximum atomic E-state index is 13.2. The molecule has 1 amide bonds. The van der Waals surface area contributed by atoms with E-state index < -0.39 is 21.7 Å². The highest BCUT2D eigenvalue weighted by Crippen LogP contribution is 2.35. The summed E-state index contributed by atoms with van der Waals surface area (Å²) in [5, 5.41) is -0.0189. The SMILES string of the molecule is C=CCN1C(=O)/C(=C/c2ccc(OC)c(OCc3ccccc3)c2)SC1=NS(=O)(=O)c1ccc(F)cc1. The summed E-state index contributed by atoms with van der Waals surface area (Å²) < 4.78 is 54.0. The lowest BCUT2D eigenvalue weighted by molar-refractivity contribution is -0.121. The van der Waals surface area contributed by atoms with Gasteiger partial charge in [-0.2, -0.15) is 8.42 Å². The Morgan fingerprint density at radius 3 is 2.46 bits per heavy atom. The summed E-state index contributed by atoms with van der Waals surface area (Å²) in [7, 11) is -2.63. The Balaban J connectivity index is 1.63. The van der Waals surface area contributed by atoms with Crippen LogP contribution in [0.2, 0.25) is 0 Å². The quantitative estimate of drug-likeness (QED) is 0.273. The molecule has 4 rings (SSSR count). The molecule has 1 aliphatic rings. The van der Waals surface area contributed by atoms with E-state index in [1.54, 1.807) is 24.3 Å². The fourth-order valence-corrected chi connectivity index (χ4v) is 5.60. The minimum Gasteiger partial charge on any atom is -0.493 e. The van der Waals surface area contributed by atoms with Gasteiger partial charge in [-0.25, -0.2) is 4.39 Å². The summed E-state index contributed by atoms with van der Waals surface area (Å²) >= 11 is 0.927. The molecule has 7 nitrogen and oxygen atoms in total. The van der Waals surface area contributed by atoms with Gasteiger partial charge in [-0.3, -0.25) is 9.69 Å². The summed E-state index contributed by atoms with van der Waals surface area (Å²) in [6.07, 6.45) is 3.11. The largest absolute Gasteiger partial charge is 0.493 e. The number of hydrogen-bond donors (Lipinski definition) is 0. The van der Waals surface area contributed by atoms with Crippen molar-refractivity contribution in [1.82, 2.24) is 4.90 Å². The number of carbonyl (C=O) groups excluding carboxylic acids is 1. The first-order valence-electron chi connectivity index (χ1n) is 11.1. The molecule has 1 saturated heterocycles. The molecular formula is C27H23FN2O5S2. The van der Waals surface area contributed by atoms with Gasteiger partial charge in [-0.1, -0.05) is 42.5 Å². The van der Waals surface area contributed by atoms with Crippen molar-refractivity contribution in [3.05, 3.63) is 107 Å². The van der Waals surface area contributed by atoms with E-state index in [2.05, 4.69) is 11.0 Å². The third kappa shape index (κ3) is 6.28. The van der Waals surface area contributed by atoms with Crippen LogP contribution in [0.3, 0.4) is 0 Å². The number of ether oxygens (including phenoxy) is 2. The lowest BCUT2D eigenvalue weighted by Gasteiger charge is -2.12. The predicted molar refractivity (Wildman–Crippen MR) is 142 cm³/mol. The molecule has 0 bridgehead atoms. The molecule has 37 heavy (non-hydrogen) atoms. The topological polar surface area (TPSA) is 85.3 Å². The highest BCUT2D eigenvalue weighted by Gasteiger charge is 2.34. The Hall–Kier alpha value is -3.89. The molecule has 0 aromatic heterocycles. The lowest BCUT2D eigenvalue weighted by atomic mass is 10.1. The molecule has 0 radical (unpaired) electrons. The number of rotatable bonds is 9. The first-order valence-corrected chi connectivity index (χ1v) is 13.3. The number of benzene rings is 3. The van der Waals surface area contributed by atoms with Crippen LogP contribution in [0, 0.1) is 5.82 Å². The van der Waals surface area contributed by atoms with Gasteiger partial charge in [0.2, 0.25) is 0 Å². The number of hydrogen-bond acceptors (Lipinski definition) is 6. The Morgan fingerprint density at radius 1 is 1.05 bits per heavy atom. The van der Waals surface area contributed by atoms with Crippen LogP contribution in [0.25, 0.3) is 6.08 Å². The first kappa shape index (κ1) is 26.2. The van der Waals surface area contributed by atoms with Crippen molar-refractivity contribution < 1.29 is 27.1 Å². The molecule has 0 N–H and O–H groups in total. The third-order valence-corrected chi connectivity index (χ3v) is 7.64. The Labute approximate surface area is 219 Å². The summed E-state index contributed by atoms with van der Waals surface area (Å²) in [5.74, 6) is 0.0407. The molecule has 190 valence electrons. The fourth-order valence-electron chi connectivity index (χ4n) is 3.41. The molecule has 0 unspecified atom stereocenters. The van der Waals surface area contributed by atoms with Gasteiger partial charge in [0.05, 0.1) is 16.9 Å². The van der Waals surface area contributed by atoms with E-state index >= 15 is 0 Å².